The van der Waals surface area contributed by atoms with Gasteiger partial charge in [-0.2, -0.15) is 5.10 Å². The molecular weight excluding hydrogens is 334 g/mol. The van der Waals surface area contributed by atoms with Gasteiger partial charge >= 0.3 is 0 Å². The second-order valence-corrected chi connectivity index (χ2v) is 6.07. The topological polar surface area (TPSA) is 73.7 Å². The summed E-state index contributed by atoms with van der Waals surface area (Å²) in [7, 11) is 0. The zero-order chi connectivity index (χ0) is 18.5. The number of hydrogen-bond acceptors (Lipinski definition) is 5. The summed E-state index contributed by atoms with van der Waals surface area (Å²) in [4.78, 5) is 26.6. The molecule has 2 heterocycles. The van der Waals surface area contributed by atoms with Gasteiger partial charge in [-0.15, -0.1) is 0 Å². The van der Waals surface area contributed by atoms with Crippen molar-refractivity contribution in [1.82, 2.24) is 14.7 Å². The predicted octanol–water partition coefficient (Wildman–Crippen LogP) is 1.73. The van der Waals surface area contributed by atoms with E-state index in [-0.39, 0.29) is 11.5 Å². The van der Waals surface area contributed by atoms with Crippen LogP contribution in [0.15, 0.2) is 41.2 Å². The molecule has 138 valence electrons. The van der Waals surface area contributed by atoms with Crippen LogP contribution >= 0.6 is 0 Å². The first-order valence-corrected chi connectivity index (χ1v) is 8.80. The lowest BCUT2D eigenvalue weighted by atomic mass is 10.1. The van der Waals surface area contributed by atoms with E-state index < -0.39 is 6.04 Å². The van der Waals surface area contributed by atoms with Gasteiger partial charge in [0.05, 0.1) is 25.5 Å². The molecule has 1 fully saturated rings. The lowest BCUT2D eigenvalue weighted by Crippen LogP contribution is -2.45. The largest absolute Gasteiger partial charge is 0.494 e. The lowest BCUT2D eigenvalue weighted by Gasteiger charge is -2.29. The van der Waals surface area contributed by atoms with Gasteiger partial charge in [0, 0.05) is 24.7 Å². The Labute approximate surface area is 152 Å². The van der Waals surface area contributed by atoms with E-state index >= 15 is 0 Å². The van der Waals surface area contributed by atoms with Crippen molar-refractivity contribution < 1.29 is 14.3 Å². The Kier molecular flexibility index (Phi) is 5.68. The van der Waals surface area contributed by atoms with Crippen LogP contribution in [0, 0.1) is 0 Å². The highest BCUT2D eigenvalue weighted by atomic mass is 16.5. The van der Waals surface area contributed by atoms with Crippen molar-refractivity contribution in [3.8, 4) is 17.0 Å². The third-order valence-electron chi connectivity index (χ3n) is 4.33. The van der Waals surface area contributed by atoms with Crippen molar-refractivity contribution in [3.63, 3.8) is 0 Å². The van der Waals surface area contributed by atoms with Gasteiger partial charge in [-0.1, -0.05) is 0 Å². The molecule has 2 aromatic rings. The van der Waals surface area contributed by atoms with Crippen LogP contribution in [0.3, 0.4) is 0 Å². The number of hydrogen-bond donors (Lipinski definition) is 0. The van der Waals surface area contributed by atoms with Crippen molar-refractivity contribution in [3.05, 3.63) is 46.8 Å². The molecule has 1 atom stereocenters. The number of morpholine rings is 1. The summed E-state index contributed by atoms with van der Waals surface area (Å²) in [6, 6.07) is 9.94. The van der Waals surface area contributed by atoms with Crippen LogP contribution in [-0.2, 0) is 9.53 Å². The molecule has 26 heavy (non-hydrogen) atoms. The molecular formula is C19H23N3O4. The summed E-state index contributed by atoms with van der Waals surface area (Å²) in [5.41, 5.74) is 1.19. The second-order valence-electron chi connectivity index (χ2n) is 6.07. The zero-order valence-electron chi connectivity index (χ0n) is 15.1. The van der Waals surface area contributed by atoms with Gasteiger partial charge in [-0.25, -0.2) is 4.68 Å². The van der Waals surface area contributed by atoms with Crippen LogP contribution in [0.5, 0.6) is 5.75 Å². The maximum absolute atomic E-state index is 12.7. The highest BCUT2D eigenvalue weighted by Crippen LogP contribution is 2.20. The molecule has 1 aromatic heterocycles. The van der Waals surface area contributed by atoms with E-state index in [0.717, 1.165) is 11.3 Å². The van der Waals surface area contributed by atoms with E-state index in [2.05, 4.69) is 5.10 Å². The van der Waals surface area contributed by atoms with Crippen molar-refractivity contribution in [1.29, 1.82) is 0 Å². The van der Waals surface area contributed by atoms with Crippen LogP contribution in [-0.4, -0.2) is 53.5 Å². The fourth-order valence-corrected chi connectivity index (χ4v) is 2.90. The Bertz CT molecular complexity index is 810. The number of amides is 1. The monoisotopic (exact) mass is 357 g/mol. The van der Waals surface area contributed by atoms with Crippen LogP contribution in [0.1, 0.15) is 19.9 Å². The Morgan fingerprint density at radius 3 is 2.54 bits per heavy atom. The molecule has 1 aliphatic heterocycles. The number of rotatable bonds is 5. The van der Waals surface area contributed by atoms with Gasteiger partial charge in [0.1, 0.15) is 11.8 Å². The molecule has 0 saturated carbocycles. The molecule has 7 nitrogen and oxygen atoms in total. The molecule has 0 bridgehead atoms. The summed E-state index contributed by atoms with van der Waals surface area (Å²) < 4.78 is 12.0. The van der Waals surface area contributed by atoms with Crippen molar-refractivity contribution in [2.24, 2.45) is 0 Å². The molecule has 7 heteroatoms. The normalized spacial score (nSPS) is 15.5. The van der Waals surface area contributed by atoms with E-state index in [1.54, 1.807) is 17.9 Å². The summed E-state index contributed by atoms with van der Waals surface area (Å²) in [5.74, 6) is 0.659. The Balaban J connectivity index is 1.84. The minimum Gasteiger partial charge on any atom is -0.494 e. The van der Waals surface area contributed by atoms with E-state index in [0.29, 0.717) is 38.6 Å². The third-order valence-corrected chi connectivity index (χ3v) is 4.33. The van der Waals surface area contributed by atoms with Crippen LogP contribution in [0.4, 0.5) is 0 Å². The molecule has 0 spiro atoms. The van der Waals surface area contributed by atoms with E-state index in [9.17, 15) is 9.59 Å². The molecule has 0 N–H and O–H groups in total. The average molecular weight is 357 g/mol. The SMILES string of the molecule is CCOc1ccc(-c2ccc(=O)n(C(C)C(=O)N3CCOCC3)n2)cc1. The minimum atomic E-state index is -0.664. The minimum absolute atomic E-state index is 0.119. The first kappa shape index (κ1) is 18.1. The molecule has 1 unspecified atom stereocenters. The maximum atomic E-state index is 12.7. The average Bonchev–Trinajstić information content (AvgIpc) is 2.69. The van der Waals surface area contributed by atoms with Crippen molar-refractivity contribution >= 4 is 5.91 Å². The number of ether oxygens (including phenoxy) is 2. The van der Waals surface area contributed by atoms with Gasteiger partial charge in [0.2, 0.25) is 5.91 Å². The molecule has 1 saturated heterocycles. The Morgan fingerprint density at radius 2 is 1.88 bits per heavy atom. The van der Waals surface area contributed by atoms with Gasteiger partial charge in [0.25, 0.3) is 5.56 Å². The highest BCUT2D eigenvalue weighted by Gasteiger charge is 2.25. The lowest BCUT2D eigenvalue weighted by molar-refractivity contribution is -0.138. The number of nitrogens with zero attached hydrogens (tertiary/aromatic N) is 3. The van der Waals surface area contributed by atoms with E-state index in [4.69, 9.17) is 9.47 Å². The molecule has 1 aliphatic rings. The highest BCUT2D eigenvalue weighted by molar-refractivity contribution is 5.80. The fourth-order valence-electron chi connectivity index (χ4n) is 2.90. The van der Waals surface area contributed by atoms with Crippen LogP contribution in [0.2, 0.25) is 0 Å². The quantitative estimate of drug-likeness (QED) is 0.815. The molecule has 3 rings (SSSR count). The smallest absolute Gasteiger partial charge is 0.267 e. The maximum Gasteiger partial charge on any atom is 0.267 e. The first-order chi connectivity index (χ1) is 12.6. The van der Waals surface area contributed by atoms with Crippen LogP contribution < -0.4 is 10.3 Å². The fraction of sp³-hybridized carbons (Fsp3) is 0.421. The zero-order valence-corrected chi connectivity index (χ0v) is 15.1. The van der Waals surface area contributed by atoms with Gasteiger partial charge < -0.3 is 14.4 Å². The second kappa shape index (κ2) is 8.14. The summed E-state index contributed by atoms with van der Waals surface area (Å²) >= 11 is 0. The van der Waals surface area contributed by atoms with E-state index in [1.807, 2.05) is 31.2 Å². The van der Waals surface area contributed by atoms with E-state index in [1.165, 1.54) is 10.7 Å². The number of carbonyl (C=O) groups is 1. The molecule has 0 aliphatic carbocycles. The van der Waals surface area contributed by atoms with Crippen LogP contribution in [0.25, 0.3) is 11.3 Å². The standard InChI is InChI=1S/C19H23N3O4/c1-3-26-16-6-4-15(5-7-16)17-8-9-18(23)22(20-17)14(2)19(24)21-10-12-25-13-11-21/h4-9,14H,3,10-13H2,1-2H3. The number of carbonyl (C=O) groups excluding carboxylic acids is 1. The molecule has 1 aromatic carbocycles. The van der Waals surface area contributed by atoms with Crippen molar-refractivity contribution in [2.75, 3.05) is 32.9 Å². The molecule has 0 radical (unpaired) electrons. The van der Waals surface area contributed by atoms with Gasteiger partial charge in [-0.05, 0) is 44.2 Å². The number of benzene rings is 1. The van der Waals surface area contributed by atoms with Gasteiger partial charge in [0.15, 0.2) is 0 Å². The van der Waals surface area contributed by atoms with Gasteiger partial charge in [-0.3, -0.25) is 9.59 Å². The summed E-state index contributed by atoms with van der Waals surface area (Å²) in [5, 5.41) is 4.42. The Morgan fingerprint density at radius 1 is 1.19 bits per heavy atom. The third kappa shape index (κ3) is 3.94. The summed E-state index contributed by atoms with van der Waals surface area (Å²) in [6.45, 7) is 6.35. The first-order valence-electron chi connectivity index (χ1n) is 8.80. The Hall–Kier alpha value is -2.67. The number of aromatic nitrogens is 2. The molecule has 1 amide bonds. The van der Waals surface area contributed by atoms with Crippen molar-refractivity contribution in [2.45, 2.75) is 19.9 Å². The predicted molar refractivity (Wildman–Crippen MR) is 97.2 cm³/mol. The summed E-state index contributed by atoms with van der Waals surface area (Å²) in [6.07, 6.45) is 0.